The predicted molar refractivity (Wildman–Crippen MR) is 82.5 cm³/mol. The van der Waals surface area contributed by atoms with Gasteiger partial charge in [-0.15, -0.1) is 0 Å². The first-order chi connectivity index (χ1) is 9.08. The van der Waals surface area contributed by atoms with Crippen molar-refractivity contribution in [2.45, 2.75) is 19.5 Å². The van der Waals surface area contributed by atoms with Crippen LogP contribution in [0.15, 0.2) is 46.9 Å². The summed E-state index contributed by atoms with van der Waals surface area (Å²) in [4.78, 5) is 0. The Bertz CT molecular complexity index is 574. The first-order valence-electron chi connectivity index (χ1n) is 6.03. The molecule has 0 radical (unpaired) electrons. The van der Waals surface area contributed by atoms with Gasteiger partial charge in [0.05, 0.1) is 0 Å². The molecule has 2 aromatic rings. The molecule has 0 bridgehead atoms. The van der Waals surface area contributed by atoms with Crippen molar-refractivity contribution in [2.75, 3.05) is 0 Å². The summed E-state index contributed by atoms with van der Waals surface area (Å²) in [6, 6.07) is 13.3. The minimum atomic E-state index is 0.118. The summed E-state index contributed by atoms with van der Waals surface area (Å²) in [5.74, 6) is 0.294. The number of nitrogens with one attached hydrogen (secondary N) is 1. The van der Waals surface area contributed by atoms with Gasteiger partial charge in [-0.25, -0.2) is 0 Å². The minimum Gasteiger partial charge on any atom is -0.508 e. The third-order valence-electron chi connectivity index (χ3n) is 3.01. The zero-order chi connectivity index (χ0) is 13.8. The first-order valence-corrected chi connectivity index (χ1v) is 7.20. The molecule has 2 N–H and O–H groups in total. The molecule has 0 amide bonds. The van der Waals surface area contributed by atoms with E-state index in [4.69, 9.17) is 11.6 Å². The highest BCUT2D eigenvalue weighted by Crippen LogP contribution is 2.25. The molecule has 0 aliphatic heterocycles. The van der Waals surface area contributed by atoms with Gasteiger partial charge >= 0.3 is 0 Å². The van der Waals surface area contributed by atoms with E-state index in [0.29, 0.717) is 12.3 Å². The molecule has 0 spiro atoms. The van der Waals surface area contributed by atoms with Crippen LogP contribution >= 0.6 is 27.5 Å². The molecule has 100 valence electrons. The fraction of sp³-hybridized carbons (Fsp3) is 0.200. The van der Waals surface area contributed by atoms with Crippen LogP contribution in [0.1, 0.15) is 24.1 Å². The molecule has 0 aromatic heterocycles. The third-order valence-corrected chi connectivity index (χ3v) is 3.85. The molecule has 4 heteroatoms. The van der Waals surface area contributed by atoms with E-state index < -0.39 is 0 Å². The van der Waals surface area contributed by atoms with Crippen molar-refractivity contribution in [2.24, 2.45) is 0 Å². The largest absolute Gasteiger partial charge is 0.508 e. The monoisotopic (exact) mass is 339 g/mol. The number of rotatable bonds is 4. The maximum Gasteiger partial charge on any atom is 0.120 e. The lowest BCUT2D eigenvalue weighted by Crippen LogP contribution is -2.18. The lowest BCUT2D eigenvalue weighted by molar-refractivity contribution is 0.460. The van der Waals surface area contributed by atoms with Gasteiger partial charge in [-0.1, -0.05) is 45.7 Å². The van der Waals surface area contributed by atoms with Gasteiger partial charge < -0.3 is 10.4 Å². The zero-order valence-electron chi connectivity index (χ0n) is 10.5. The summed E-state index contributed by atoms with van der Waals surface area (Å²) in [7, 11) is 0. The summed E-state index contributed by atoms with van der Waals surface area (Å²) in [6.07, 6.45) is 0. The van der Waals surface area contributed by atoms with Crippen LogP contribution in [-0.4, -0.2) is 5.11 Å². The smallest absolute Gasteiger partial charge is 0.120 e. The number of halogens is 2. The molecule has 0 saturated carbocycles. The number of benzene rings is 2. The summed E-state index contributed by atoms with van der Waals surface area (Å²) >= 11 is 9.56. The van der Waals surface area contributed by atoms with Crippen molar-refractivity contribution in [3.63, 3.8) is 0 Å². The fourth-order valence-corrected chi connectivity index (χ4v) is 2.60. The van der Waals surface area contributed by atoms with E-state index in [2.05, 4.69) is 28.2 Å². The molecule has 0 unspecified atom stereocenters. The van der Waals surface area contributed by atoms with Crippen LogP contribution < -0.4 is 5.32 Å². The molecular weight excluding hydrogens is 326 g/mol. The molecule has 2 rings (SSSR count). The Morgan fingerprint density at radius 2 is 2.00 bits per heavy atom. The van der Waals surface area contributed by atoms with E-state index >= 15 is 0 Å². The van der Waals surface area contributed by atoms with Gasteiger partial charge in [0.15, 0.2) is 0 Å². The van der Waals surface area contributed by atoms with Gasteiger partial charge in [-0.3, -0.25) is 0 Å². The maximum atomic E-state index is 9.79. The van der Waals surface area contributed by atoms with Gasteiger partial charge in [-0.2, -0.15) is 0 Å². The minimum absolute atomic E-state index is 0.118. The second kappa shape index (κ2) is 6.42. The molecule has 0 aliphatic rings. The molecular formula is C15H15BrClNO. The van der Waals surface area contributed by atoms with E-state index in [0.717, 1.165) is 20.6 Å². The highest BCUT2D eigenvalue weighted by molar-refractivity contribution is 9.10. The van der Waals surface area contributed by atoms with Crippen molar-refractivity contribution in [3.8, 4) is 5.75 Å². The van der Waals surface area contributed by atoms with E-state index in [9.17, 15) is 5.11 Å². The second-order valence-corrected chi connectivity index (χ2v) is 5.72. The van der Waals surface area contributed by atoms with Gasteiger partial charge in [-0.05, 0) is 36.8 Å². The predicted octanol–water partition coefficient (Wildman–Crippen LogP) is 4.66. The van der Waals surface area contributed by atoms with Crippen molar-refractivity contribution < 1.29 is 5.11 Å². The molecule has 0 saturated heterocycles. The number of hydrogen-bond donors (Lipinski definition) is 2. The van der Waals surface area contributed by atoms with E-state index in [1.165, 1.54) is 0 Å². The zero-order valence-corrected chi connectivity index (χ0v) is 12.9. The summed E-state index contributed by atoms with van der Waals surface area (Å²) < 4.78 is 0.951. The number of phenols is 1. The lowest BCUT2D eigenvalue weighted by Gasteiger charge is -2.16. The Hall–Kier alpha value is -1.03. The Kier molecular flexibility index (Phi) is 4.86. The Labute approximate surface area is 126 Å². The molecule has 0 fully saturated rings. The van der Waals surface area contributed by atoms with Crippen LogP contribution in [0.5, 0.6) is 5.75 Å². The van der Waals surface area contributed by atoms with Crippen LogP contribution in [0, 0.1) is 0 Å². The van der Waals surface area contributed by atoms with Crippen molar-refractivity contribution in [3.05, 3.63) is 63.1 Å². The first kappa shape index (κ1) is 14.4. The highest BCUT2D eigenvalue weighted by Gasteiger charge is 2.09. The standard InChI is InChI=1S/C15H15BrClNO/c1-10(13-4-2-3-5-14(13)17)18-9-11-8-12(16)6-7-15(11)19/h2-8,10,18-19H,9H2,1H3/t10-/m0/s1. The summed E-state index contributed by atoms with van der Waals surface area (Å²) in [5, 5.41) is 13.9. The van der Waals surface area contributed by atoms with Crippen LogP contribution in [0.2, 0.25) is 5.02 Å². The van der Waals surface area contributed by atoms with Crippen LogP contribution in [0.25, 0.3) is 0 Å². The second-order valence-electron chi connectivity index (χ2n) is 4.40. The number of aromatic hydroxyl groups is 1. The average Bonchev–Trinajstić information content (AvgIpc) is 2.40. The lowest BCUT2D eigenvalue weighted by atomic mass is 10.1. The fourth-order valence-electron chi connectivity index (χ4n) is 1.89. The van der Waals surface area contributed by atoms with Gasteiger partial charge in [0.1, 0.15) is 5.75 Å². The summed E-state index contributed by atoms with van der Waals surface area (Å²) in [5.41, 5.74) is 1.91. The van der Waals surface area contributed by atoms with E-state index in [-0.39, 0.29) is 6.04 Å². The van der Waals surface area contributed by atoms with E-state index in [1.807, 2.05) is 36.4 Å². The highest BCUT2D eigenvalue weighted by atomic mass is 79.9. The molecule has 2 nitrogen and oxygen atoms in total. The van der Waals surface area contributed by atoms with Crippen molar-refractivity contribution in [1.82, 2.24) is 5.32 Å². The normalized spacial score (nSPS) is 12.4. The van der Waals surface area contributed by atoms with Gasteiger partial charge in [0.2, 0.25) is 0 Å². The Morgan fingerprint density at radius 1 is 1.26 bits per heavy atom. The van der Waals surface area contributed by atoms with Crippen LogP contribution in [0.4, 0.5) is 0 Å². The molecule has 19 heavy (non-hydrogen) atoms. The summed E-state index contributed by atoms with van der Waals surface area (Å²) in [6.45, 7) is 2.63. The molecule has 1 atom stereocenters. The van der Waals surface area contributed by atoms with E-state index in [1.54, 1.807) is 6.07 Å². The van der Waals surface area contributed by atoms with Crippen molar-refractivity contribution >= 4 is 27.5 Å². The van der Waals surface area contributed by atoms with Crippen LogP contribution in [-0.2, 0) is 6.54 Å². The SMILES string of the molecule is C[C@H](NCc1cc(Br)ccc1O)c1ccccc1Cl. The topological polar surface area (TPSA) is 32.3 Å². The Balaban J connectivity index is 2.06. The quantitative estimate of drug-likeness (QED) is 0.848. The van der Waals surface area contributed by atoms with Gasteiger partial charge in [0.25, 0.3) is 0 Å². The number of hydrogen-bond acceptors (Lipinski definition) is 2. The molecule has 2 aromatic carbocycles. The van der Waals surface area contributed by atoms with Crippen LogP contribution in [0.3, 0.4) is 0 Å². The average molecular weight is 341 g/mol. The number of phenolic OH excluding ortho intramolecular Hbond substituents is 1. The third kappa shape index (κ3) is 3.72. The Morgan fingerprint density at radius 3 is 2.74 bits per heavy atom. The molecule has 0 aliphatic carbocycles. The maximum absolute atomic E-state index is 9.79. The molecule has 0 heterocycles. The van der Waals surface area contributed by atoms with Gasteiger partial charge in [0, 0.05) is 27.6 Å². The van der Waals surface area contributed by atoms with Crippen molar-refractivity contribution in [1.29, 1.82) is 0 Å².